The monoisotopic (exact) mass is 271 g/mol. The van der Waals surface area contributed by atoms with E-state index in [-0.39, 0.29) is 0 Å². The van der Waals surface area contributed by atoms with Crippen LogP contribution in [0, 0.1) is 5.92 Å². The second-order valence-corrected chi connectivity index (χ2v) is 5.41. The van der Waals surface area contributed by atoms with Crippen LogP contribution in [0.4, 0.5) is 13.2 Å². The Kier molecular flexibility index (Phi) is 4.50. The molecule has 4 heteroatoms. The van der Waals surface area contributed by atoms with Crippen molar-refractivity contribution in [1.29, 1.82) is 0 Å². The molecule has 2 rings (SSSR count). The third kappa shape index (κ3) is 3.96. The minimum absolute atomic E-state index is 0.435. The molecule has 0 saturated heterocycles. The lowest BCUT2D eigenvalue weighted by Gasteiger charge is -2.20. The topological polar surface area (TPSA) is 12.0 Å². The zero-order valence-corrected chi connectivity index (χ0v) is 11.1. The van der Waals surface area contributed by atoms with Crippen molar-refractivity contribution in [3.05, 3.63) is 35.4 Å². The molecule has 106 valence electrons. The SMILES string of the molecule is C[C@H](NCc1ccc(C(F)(F)F)cc1)C1CCCC1. The number of hydrogen-bond donors (Lipinski definition) is 1. The molecular weight excluding hydrogens is 251 g/mol. The third-order valence-electron chi connectivity index (χ3n) is 4.02. The highest BCUT2D eigenvalue weighted by atomic mass is 19.4. The Bertz CT molecular complexity index is 391. The second kappa shape index (κ2) is 5.95. The number of hydrogen-bond acceptors (Lipinski definition) is 1. The van der Waals surface area contributed by atoms with Crippen LogP contribution in [-0.2, 0) is 12.7 Å². The lowest BCUT2D eigenvalue weighted by Crippen LogP contribution is -2.31. The molecule has 1 aliphatic carbocycles. The molecule has 1 aliphatic rings. The van der Waals surface area contributed by atoms with Crippen LogP contribution in [0.15, 0.2) is 24.3 Å². The second-order valence-electron chi connectivity index (χ2n) is 5.41. The molecule has 1 aromatic rings. The van der Waals surface area contributed by atoms with E-state index in [1.807, 2.05) is 0 Å². The van der Waals surface area contributed by atoms with Crippen LogP contribution in [0.25, 0.3) is 0 Å². The fraction of sp³-hybridized carbons (Fsp3) is 0.600. The Hall–Kier alpha value is -1.03. The smallest absolute Gasteiger partial charge is 0.310 e. The largest absolute Gasteiger partial charge is 0.416 e. The van der Waals surface area contributed by atoms with E-state index in [1.54, 1.807) is 12.1 Å². The molecule has 1 aromatic carbocycles. The number of benzene rings is 1. The zero-order chi connectivity index (χ0) is 13.9. The molecular formula is C15H20F3N. The molecule has 1 nitrogen and oxygen atoms in total. The van der Waals surface area contributed by atoms with Gasteiger partial charge in [0.25, 0.3) is 0 Å². The maximum Gasteiger partial charge on any atom is 0.416 e. The predicted octanol–water partition coefficient (Wildman–Crippen LogP) is 4.37. The van der Waals surface area contributed by atoms with Gasteiger partial charge in [-0.15, -0.1) is 0 Å². The molecule has 0 aromatic heterocycles. The average Bonchev–Trinajstić information content (AvgIpc) is 2.89. The number of halogens is 3. The Morgan fingerprint density at radius 1 is 1.16 bits per heavy atom. The first-order chi connectivity index (χ1) is 8.97. The van der Waals surface area contributed by atoms with E-state index in [0.29, 0.717) is 12.6 Å². The summed E-state index contributed by atoms with van der Waals surface area (Å²) in [6.45, 7) is 2.80. The van der Waals surface area contributed by atoms with Gasteiger partial charge in [0.1, 0.15) is 0 Å². The lowest BCUT2D eigenvalue weighted by atomic mass is 9.99. The van der Waals surface area contributed by atoms with Gasteiger partial charge >= 0.3 is 6.18 Å². The first kappa shape index (κ1) is 14.4. The van der Waals surface area contributed by atoms with E-state index in [4.69, 9.17) is 0 Å². The van der Waals surface area contributed by atoms with Crippen LogP contribution in [-0.4, -0.2) is 6.04 Å². The molecule has 1 saturated carbocycles. The summed E-state index contributed by atoms with van der Waals surface area (Å²) >= 11 is 0. The molecule has 1 N–H and O–H groups in total. The number of nitrogens with one attached hydrogen (secondary N) is 1. The van der Waals surface area contributed by atoms with Gasteiger partial charge in [0.05, 0.1) is 5.56 Å². The van der Waals surface area contributed by atoms with Gasteiger partial charge < -0.3 is 5.32 Å². The molecule has 19 heavy (non-hydrogen) atoms. The molecule has 0 heterocycles. The summed E-state index contributed by atoms with van der Waals surface area (Å²) in [5, 5.41) is 3.42. The molecule has 1 atom stereocenters. The van der Waals surface area contributed by atoms with Crippen molar-refractivity contribution in [3.63, 3.8) is 0 Å². The Balaban J connectivity index is 1.86. The summed E-state index contributed by atoms with van der Waals surface area (Å²) in [4.78, 5) is 0. The van der Waals surface area contributed by atoms with Gasteiger partial charge in [0.2, 0.25) is 0 Å². The zero-order valence-electron chi connectivity index (χ0n) is 11.1. The van der Waals surface area contributed by atoms with Crippen molar-refractivity contribution in [2.45, 2.75) is 51.4 Å². The molecule has 1 fully saturated rings. The van der Waals surface area contributed by atoms with Gasteiger partial charge in [-0.3, -0.25) is 0 Å². The Morgan fingerprint density at radius 3 is 2.26 bits per heavy atom. The molecule has 0 aliphatic heterocycles. The van der Waals surface area contributed by atoms with Crippen LogP contribution < -0.4 is 5.32 Å². The maximum atomic E-state index is 12.4. The van der Waals surface area contributed by atoms with Gasteiger partial charge in [-0.05, 0) is 43.4 Å². The van der Waals surface area contributed by atoms with Gasteiger partial charge in [0, 0.05) is 12.6 Å². The predicted molar refractivity (Wildman–Crippen MR) is 69.7 cm³/mol. The van der Waals surface area contributed by atoms with E-state index < -0.39 is 11.7 Å². The van der Waals surface area contributed by atoms with Crippen molar-refractivity contribution in [3.8, 4) is 0 Å². The van der Waals surface area contributed by atoms with E-state index in [9.17, 15) is 13.2 Å². The minimum atomic E-state index is -4.25. The van der Waals surface area contributed by atoms with Crippen molar-refractivity contribution in [2.24, 2.45) is 5.92 Å². The summed E-state index contributed by atoms with van der Waals surface area (Å²) in [6.07, 6.45) is 0.888. The van der Waals surface area contributed by atoms with Crippen LogP contribution in [0.3, 0.4) is 0 Å². The number of alkyl halides is 3. The normalized spacial score (nSPS) is 18.7. The van der Waals surface area contributed by atoms with Crippen molar-refractivity contribution in [1.82, 2.24) is 5.32 Å². The average molecular weight is 271 g/mol. The maximum absolute atomic E-state index is 12.4. The van der Waals surface area contributed by atoms with E-state index >= 15 is 0 Å². The van der Waals surface area contributed by atoms with E-state index in [1.165, 1.54) is 25.7 Å². The highest BCUT2D eigenvalue weighted by Crippen LogP contribution is 2.29. The van der Waals surface area contributed by atoms with E-state index in [0.717, 1.165) is 23.6 Å². The van der Waals surface area contributed by atoms with Crippen LogP contribution in [0.1, 0.15) is 43.7 Å². The number of rotatable bonds is 4. The summed E-state index contributed by atoms with van der Waals surface area (Å²) in [5.41, 5.74) is 0.318. The first-order valence-electron chi connectivity index (χ1n) is 6.86. The Morgan fingerprint density at radius 2 is 1.74 bits per heavy atom. The molecule has 0 bridgehead atoms. The standard InChI is InChI=1S/C15H20F3N/c1-11(13-4-2-3-5-13)19-10-12-6-8-14(9-7-12)15(16,17)18/h6-9,11,13,19H,2-5,10H2,1H3/t11-/m0/s1. The Labute approximate surface area is 112 Å². The summed E-state index contributed by atoms with van der Waals surface area (Å²) < 4.78 is 37.3. The summed E-state index contributed by atoms with van der Waals surface area (Å²) in [5.74, 6) is 0.717. The molecule has 0 spiro atoms. The van der Waals surface area contributed by atoms with Crippen LogP contribution >= 0.6 is 0 Å². The van der Waals surface area contributed by atoms with Gasteiger partial charge in [0.15, 0.2) is 0 Å². The molecule has 0 unspecified atom stereocenters. The summed E-state index contributed by atoms with van der Waals surface area (Å²) in [7, 11) is 0. The van der Waals surface area contributed by atoms with E-state index in [2.05, 4.69) is 12.2 Å². The first-order valence-corrected chi connectivity index (χ1v) is 6.86. The van der Waals surface area contributed by atoms with Crippen LogP contribution in [0.2, 0.25) is 0 Å². The third-order valence-corrected chi connectivity index (χ3v) is 4.02. The van der Waals surface area contributed by atoms with Gasteiger partial charge in [-0.1, -0.05) is 25.0 Å². The van der Waals surface area contributed by atoms with Crippen molar-refractivity contribution >= 4 is 0 Å². The fourth-order valence-corrected chi connectivity index (χ4v) is 2.71. The van der Waals surface area contributed by atoms with Crippen LogP contribution in [0.5, 0.6) is 0 Å². The van der Waals surface area contributed by atoms with Gasteiger partial charge in [-0.25, -0.2) is 0 Å². The van der Waals surface area contributed by atoms with Gasteiger partial charge in [-0.2, -0.15) is 13.2 Å². The highest BCUT2D eigenvalue weighted by Gasteiger charge is 2.29. The quantitative estimate of drug-likeness (QED) is 0.857. The molecule has 0 amide bonds. The minimum Gasteiger partial charge on any atom is -0.310 e. The highest BCUT2D eigenvalue weighted by molar-refractivity contribution is 5.24. The fourth-order valence-electron chi connectivity index (χ4n) is 2.71. The lowest BCUT2D eigenvalue weighted by molar-refractivity contribution is -0.137. The molecule has 0 radical (unpaired) electrons. The summed E-state index contributed by atoms with van der Waals surface area (Å²) in [6, 6.07) is 5.84. The van der Waals surface area contributed by atoms with Crippen molar-refractivity contribution < 1.29 is 13.2 Å². The van der Waals surface area contributed by atoms with Crippen molar-refractivity contribution in [2.75, 3.05) is 0 Å².